The lowest BCUT2D eigenvalue weighted by atomic mass is 10.1. The van der Waals surface area contributed by atoms with Gasteiger partial charge < -0.3 is 14.7 Å². The van der Waals surface area contributed by atoms with Crippen LogP contribution in [0.1, 0.15) is 37.8 Å². The molecule has 20 heavy (non-hydrogen) atoms. The number of nitrogens with zero attached hydrogens (tertiary/aromatic N) is 2. The van der Waals surface area contributed by atoms with E-state index in [0.29, 0.717) is 11.4 Å². The van der Waals surface area contributed by atoms with Crippen LogP contribution in [-0.2, 0) is 11.4 Å². The first-order chi connectivity index (χ1) is 9.79. The molecule has 0 radical (unpaired) electrons. The predicted molar refractivity (Wildman–Crippen MR) is 75.3 cm³/mol. The Kier molecular flexibility index (Phi) is 5.80. The fraction of sp³-hybridized carbons (Fsp3) is 0.600. The van der Waals surface area contributed by atoms with Crippen molar-refractivity contribution in [2.24, 2.45) is 0 Å². The molecule has 1 fully saturated rings. The maximum Gasteiger partial charge on any atom is 0.260 e. The molecule has 1 aromatic rings. The van der Waals surface area contributed by atoms with Crippen LogP contribution in [0.5, 0.6) is 5.75 Å². The molecule has 5 heteroatoms. The van der Waals surface area contributed by atoms with Crippen LogP contribution in [0.2, 0.25) is 0 Å². The summed E-state index contributed by atoms with van der Waals surface area (Å²) in [6.45, 7) is 1.64. The van der Waals surface area contributed by atoms with Gasteiger partial charge in [-0.05, 0) is 25.0 Å². The number of hydrogen-bond donors (Lipinski definition) is 1. The van der Waals surface area contributed by atoms with Crippen LogP contribution in [0.3, 0.4) is 0 Å². The molecule has 110 valence electrons. The topological polar surface area (TPSA) is 62.7 Å². The Bertz CT molecular complexity index is 412. The summed E-state index contributed by atoms with van der Waals surface area (Å²) in [4.78, 5) is 18.0. The van der Waals surface area contributed by atoms with Crippen LogP contribution in [0.25, 0.3) is 0 Å². The summed E-state index contributed by atoms with van der Waals surface area (Å²) in [7, 11) is 0. The van der Waals surface area contributed by atoms with Crippen molar-refractivity contribution in [3.8, 4) is 5.75 Å². The highest BCUT2D eigenvalue weighted by Gasteiger charge is 2.15. The SMILES string of the molecule is O=C(COc1ccc(CO)nc1)N1CCCCCCC1. The van der Waals surface area contributed by atoms with Gasteiger partial charge in [-0.1, -0.05) is 19.3 Å². The van der Waals surface area contributed by atoms with E-state index >= 15 is 0 Å². The molecule has 1 aliphatic rings. The summed E-state index contributed by atoms with van der Waals surface area (Å²) in [6.07, 6.45) is 7.39. The summed E-state index contributed by atoms with van der Waals surface area (Å²) >= 11 is 0. The molecule has 0 spiro atoms. The van der Waals surface area contributed by atoms with Crippen LogP contribution in [0.15, 0.2) is 18.3 Å². The fourth-order valence-electron chi connectivity index (χ4n) is 2.32. The highest BCUT2D eigenvalue weighted by Crippen LogP contribution is 2.12. The van der Waals surface area contributed by atoms with E-state index in [2.05, 4.69) is 4.98 Å². The van der Waals surface area contributed by atoms with Crippen molar-refractivity contribution in [3.05, 3.63) is 24.0 Å². The minimum atomic E-state index is -0.0903. The second-order valence-electron chi connectivity index (χ2n) is 5.08. The molecule has 0 unspecified atom stereocenters. The van der Waals surface area contributed by atoms with Gasteiger partial charge in [-0.2, -0.15) is 0 Å². The van der Waals surface area contributed by atoms with Gasteiger partial charge in [0.2, 0.25) is 0 Å². The largest absolute Gasteiger partial charge is 0.482 e. The number of likely N-dealkylation sites (tertiary alicyclic amines) is 1. The number of aromatic nitrogens is 1. The van der Waals surface area contributed by atoms with E-state index in [1.54, 1.807) is 12.1 Å². The highest BCUT2D eigenvalue weighted by atomic mass is 16.5. The number of carbonyl (C=O) groups is 1. The van der Waals surface area contributed by atoms with Crippen molar-refractivity contribution in [1.82, 2.24) is 9.88 Å². The first-order valence-corrected chi connectivity index (χ1v) is 7.26. The number of carbonyl (C=O) groups excluding carboxylic acids is 1. The van der Waals surface area contributed by atoms with Gasteiger partial charge >= 0.3 is 0 Å². The molecule has 0 aromatic carbocycles. The Hall–Kier alpha value is -1.62. The highest BCUT2D eigenvalue weighted by molar-refractivity contribution is 5.77. The van der Waals surface area contributed by atoms with E-state index in [-0.39, 0.29) is 19.1 Å². The molecule has 0 atom stereocenters. The van der Waals surface area contributed by atoms with Gasteiger partial charge in [0.05, 0.1) is 18.5 Å². The molecule has 0 saturated carbocycles. The number of amides is 1. The number of pyridine rings is 1. The number of ether oxygens (including phenoxy) is 1. The summed E-state index contributed by atoms with van der Waals surface area (Å²) in [5.41, 5.74) is 0.590. The molecule has 1 aromatic heterocycles. The molecule has 1 aliphatic heterocycles. The number of aliphatic hydroxyl groups is 1. The van der Waals surface area contributed by atoms with Crippen molar-refractivity contribution in [2.45, 2.75) is 38.7 Å². The van der Waals surface area contributed by atoms with E-state index in [0.717, 1.165) is 25.9 Å². The van der Waals surface area contributed by atoms with Crippen LogP contribution in [0, 0.1) is 0 Å². The third kappa shape index (κ3) is 4.49. The third-order valence-electron chi connectivity index (χ3n) is 3.53. The number of aliphatic hydroxyl groups excluding tert-OH is 1. The zero-order valence-electron chi connectivity index (χ0n) is 11.8. The van der Waals surface area contributed by atoms with Crippen molar-refractivity contribution in [2.75, 3.05) is 19.7 Å². The molecule has 5 nitrogen and oxygen atoms in total. The first-order valence-electron chi connectivity index (χ1n) is 7.26. The predicted octanol–water partition coefficient (Wildman–Crippen LogP) is 1.75. The van der Waals surface area contributed by atoms with Crippen molar-refractivity contribution in [1.29, 1.82) is 0 Å². The van der Waals surface area contributed by atoms with Crippen LogP contribution >= 0.6 is 0 Å². The van der Waals surface area contributed by atoms with Gasteiger partial charge in [-0.3, -0.25) is 9.78 Å². The maximum atomic E-state index is 12.1. The third-order valence-corrected chi connectivity index (χ3v) is 3.53. The molecular formula is C15H22N2O3. The van der Waals surface area contributed by atoms with Gasteiger partial charge in [0.25, 0.3) is 5.91 Å². The van der Waals surface area contributed by atoms with Crippen LogP contribution in [-0.4, -0.2) is 40.6 Å². The van der Waals surface area contributed by atoms with Gasteiger partial charge in [0.15, 0.2) is 6.61 Å². The fourth-order valence-corrected chi connectivity index (χ4v) is 2.32. The van der Waals surface area contributed by atoms with E-state index in [1.165, 1.54) is 25.5 Å². The molecule has 0 bridgehead atoms. The zero-order valence-corrected chi connectivity index (χ0v) is 11.8. The average Bonchev–Trinajstić information content (AvgIpc) is 2.45. The van der Waals surface area contributed by atoms with E-state index in [4.69, 9.17) is 9.84 Å². The maximum absolute atomic E-state index is 12.1. The Labute approximate surface area is 119 Å². The Morgan fingerprint density at radius 1 is 1.20 bits per heavy atom. The monoisotopic (exact) mass is 278 g/mol. The summed E-state index contributed by atoms with van der Waals surface area (Å²) in [5.74, 6) is 0.598. The molecule has 1 saturated heterocycles. The average molecular weight is 278 g/mol. The normalized spacial score (nSPS) is 16.4. The van der Waals surface area contributed by atoms with E-state index < -0.39 is 0 Å². The van der Waals surface area contributed by atoms with Gasteiger partial charge in [-0.15, -0.1) is 0 Å². The van der Waals surface area contributed by atoms with Crippen molar-refractivity contribution in [3.63, 3.8) is 0 Å². The lowest BCUT2D eigenvalue weighted by molar-refractivity contribution is -0.133. The Morgan fingerprint density at radius 2 is 1.90 bits per heavy atom. The van der Waals surface area contributed by atoms with Crippen LogP contribution in [0.4, 0.5) is 0 Å². The second-order valence-corrected chi connectivity index (χ2v) is 5.08. The smallest absolute Gasteiger partial charge is 0.260 e. The number of rotatable bonds is 4. The van der Waals surface area contributed by atoms with E-state index in [9.17, 15) is 4.79 Å². The second kappa shape index (κ2) is 7.85. The van der Waals surface area contributed by atoms with Crippen molar-refractivity contribution < 1.29 is 14.6 Å². The minimum absolute atomic E-state index is 0.0399. The lowest BCUT2D eigenvalue weighted by Gasteiger charge is -2.24. The molecular weight excluding hydrogens is 256 g/mol. The van der Waals surface area contributed by atoms with Gasteiger partial charge in [-0.25, -0.2) is 0 Å². The minimum Gasteiger partial charge on any atom is -0.482 e. The van der Waals surface area contributed by atoms with Crippen LogP contribution < -0.4 is 4.74 Å². The number of hydrogen-bond acceptors (Lipinski definition) is 4. The Balaban J connectivity index is 1.80. The zero-order chi connectivity index (χ0) is 14.2. The van der Waals surface area contributed by atoms with Gasteiger partial charge in [0.1, 0.15) is 5.75 Å². The lowest BCUT2D eigenvalue weighted by Crippen LogP contribution is -2.37. The van der Waals surface area contributed by atoms with E-state index in [1.807, 2.05) is 4.90 Å². The molecule has 1 N–H and O–H groups in total. The summed E-state index contributed by atoms with van der Waals surface area (Å²) in [6, 6.07) is 3.41. The summed E-state index contributed by atoms with van der Waals surface area (Å²) < 4.78 is 5.46. The van der Waals surface area contributed by atoms with Gasteiger partial charge in [0, 0.05) is 13.1 Å². The standard InChI is InChI=1S/C15H22N2O3/c18-11-13-6-7-14(10-16-13)20-12-15(19)17-8-4-2-1-3-5-9-17/h6-7,10,18H,1-5,8-9,11-12H2. The molecule has 0 aliphatic carbocycles. The Morgan fingerprint density at radius 3 is 2.50 bits per heavy atom. The summed E-state index contributed by atoms with van der Waals surface area (Å²) in [5, 5.41) is 8.90. The molecule has 2 rings (SSSR count). The van der Waals surface area contributed by atoms with Crippen molar-refractivity contribution >= 4 is 5.91 Å². The molecule has 2 heterocycles. The first kappa shape index (κ1) is 14.8. The quantitative estimate of drug-likeness (QED) is 0.911. The molecule has 1 amide bonds.